The van der Waals surface area contributed by atoms with Crippen LogP contribution < -0.4 is 0 Å². The summed E-state index contributed by atoms with van der Waals surface area (Å²) in [6, 6.07) is -0.374. The van der Waals surface area contributed by atoms with Gasteiger partial charge in [0.05, 0.1) is 11.1 Å². The van der Waals surface area contributed by atoms with Gasteiger partial charge in [0.2, 0.25) is 0 Å². The number of alkyl halides is 3. The maximum absolute atomic E-state index is 13.7. The summed E-state index contributed by atoms with van der Waals surface area (Å²) in [4.78, 5) is 0. The molecule has 0 bridgehead atoms. The van der Waals surface area contributed by atoms with Gasteiger partial charge in [-0.1, -0.05) is 0 Å². The summed E-state index contributed by atoms with van der Waals surface area (Å²) in [5.74, 6) is -21.1. The molecule has 130 valence electrons. The van der Waals surface area contributed by atoms with E-state index in [9.17, 15) is 48.3 Å². The summed E-state index contributed by atoms with van der Waals surface area (Å²) in [6.45, 7) is 0. The van der Waals surface area contributed by atoms with Crippen molar-refractivity contribution in [1.29, 1.82) is 0 Å². The van der Waals surface area contributed by atoms with E-state index in [1.165, 1.54) is 0 Å². The quantitative estimate of drug-likeness (QED) is 0.463. The van der Waals surface area contributed by atoms with Crippen LogP contribution in [0.4, 0.5) is 48.3 Å². The normalized spacial score (nSPS) is 12.0. The van der Waals surface area contributed by atoms with E-state index in [4.69, 9.17) is 0 Å². The number of halogens is 11. The van der Waals surface area contributed by atoms with E-state index in [1.54, 1.807) is 0 Å². The van der Waals surface area contributed by atoms with Gasteiger partial charge in [0.25, 0.3) is 0 Å². The largest absolute Gasteiger partial charge is 0.422 e. The molecular formula is C13HF11. The first-order valence-electron chi connectivity index (χ1n) is 5.66. The van der Waals surface area contributed by atoms with Crippen molar-refractivity contribution in [2.75, 3.05) is 0 Å². The predicted molar refractivity (Wildman–Crippen MR) is 56.5 cm³/mol. The molecule has 0 aliphatic heterocycles. The number of hydrogen-bond acceptors (Lipinski definition) is 0. The molecule has 0 saturated heterocycles. The molecule has 0 aliphatic rings. The highest BCUT2D eigenvalue weighted by molar-refractivity contribution is 5.67. The molecule has 0 nitrogen and oxygen atoms in total. The van der Waals surface area contributed by atoms with Gasteiger partial charge in [-0.25, -0.2) is 35.1 Å². The Morgan fingerprint density at radius 2 is 0.833 bits per heavy atom. The van der Waals surface area contributed by atoms with E-state index in [1.807, 2.05) is 0 Å². The number of rotatable bonds is 1. The van der Waals surface area contributed by atoms with Crippen LogP contribution >= 0.6 is 0 Å². The van der Waals surface area contributed by atoms with Gasteiger partial charge in [-0.3, -0.25) is 0 Å². The minimum atomic E-state index is -5.89. The Kier molecular flexibility index (Phi) is 4.23. The van der Waals surface area contributed by atoms with Crippen LogP contribution in [0.5, 0.6) is 0 Å². The topological polar surface area (TPSA) is 0 Å². The second kappa shape index (κ2) is 5.64. The maximum Gasteiger partial charge on any atom is 0.422 e. The van der Waals surface area contributed by atoms with Crippen molar-refractivity contribution in [2.24, 2.45) is 0 Å². The lowest BCUT2D eigenvalue weighted by Gasteiger charge is -2.15. The van der Waals surface area contributed by atoms with E-state index >= 15 is 0 Å². The number of hydrogen-bond donors (Lipinski definition) is 0. The highest BCUT2D eigenvalue weighted by Crippen LogP contribution is 2.41. The van der Waals surface area contributed by atoms with Gasteiger partial charge in [0, 0.05) is 6.07 Å². The Morgan fingerprint density at radius 1 is 0.500 bits per heavy atom. The molecule has 0 N–H and O–H groups in total. The van der Waals surface area contributed by atoms with Gasteiger partial charge in [-0.2, -0.15) is 13.2 Å². The van der Waals surface area contributed by atoms with Crippen LogP contribution in [0.15, 0.2) is 6.07 Å². The summed E-state index contributed by atoms with van der Waals surface area (Å²) >= 11 is 0. The molecule has 11 heteroatoms. The predicted octanol–water partition coefficient (Wildman–Crippen LogP) is 5.49. The molecule has 0 saturated carbocycles. The van der Waals surface area contributed by atoms with Crippen molar-refractivity contribution >= 4 is 0 Å². The zero-order valence-corrected chi connectivity index (χ0v) is 10.7. The molecule has 2 rings (SSSR count). The Balaban J connectivity index is 3.00. The van der Waals surface area contributed by atoms with Crippen LogP contribution in [0.25, 0.3) is 11.1 Å². The van der Waals surface area contributed by atoms with Crippen molar-refractivity contribution in [2.45, 2.75) is 6.18 Å². The minimum absolute atomic E-state index is 0.374. The SMILES string of the molecule is Fc1cc(F)c(F)c(-c2c(F)c(F)c(C(F)(F)F)c(F)c2F)c1F. The fraction of sp³-hybridized carbons (Fsp3) is 0.0769. The van der Waals surface area contributed by atoms with Crippen LogP contribution in [-0.2, 0) is 6.18 Å². The van der Waals surface area contributed by atoms with Crippen LogP contribution in [-0.4, -0.2) is 0 Å². The zero-order valence-electron chi connectivity index (χ0n) is 10.7. The third-order valence-corrected chi connectivity index (χ3v) is 2.91. The summed E-state index contributed by atoms with van der Waals surface area (Å²) in [6.07, 6.45) is -5.89. The molecule has 0 atom stereocenters. The summed E-state index contributed by atoms with van der Waals surface area (Å²) < 4.78 is 145. The highest BCUT2D eigenvalue weighted by atomic mass is 19.4. The monoisotopic (exact) mass is 366 g/mol. The molecule has 0 aliphatic carbocycles. The molecule has 24 heavy (non-hydrogen) atoms. The highest BCUT2D eigenvalue weighted by Gasteiger charge is 2.43. The van der Waals surface area contributed by atoms with Gasteiger partial charge in [-0.15, -0.1) is 0 Å². The molecule has 0 fully saturated rings. The summed E-state index contributed by atoms with van der Waals surface area (Å²) in [5, 5.41) is 0. The van der Waals surface area contributed by atoms with Gasteiger partial charge < -0.3 is 0 Å². The number of benzene rings is 2. The van der Waals surface area contributed by atoms with Crippen LogP contribution in [0.2, 0.25) is 0 Å². The van der Waals surface area contributed by atoms with Crippen molar-refractivity contribution in [3.8, 4) is 11.1 Å². The first-order chi connectivity index (χ1) is 10.9. The second-order valence-electron chi connectivity index (χ2n) is 4.35. The Morgan fingerprint density at radius 3 is 1.17 bits per heavy atom. The molecule has 0 unspecified atom stereocenters. The zero-order chi connectivity index (χ0) is 18.6. The van der Waals surface area contributed by atoms with E-state index in [0.29, 0.717) is 0 Å². The van der Waals surface area contributed by atoms with Crippen LogP contribution in [0.3, 0.4) is 0 Å². The molecule has 0 spiro atoms. The van der Waals surface area contributed by atoms with Crippen LogP contribution in [0, 0.1) is 46.5 Å². The molecular weight excluding hydrogens is 365 g/mol. The first kappa shape index (κ1) is 18.0. The van der Waals surface area contributed by atoms with Crippen molar-refractivity contribution in [3.63, 3.8) is 0 Å². The van der Waals surface area contributed by atoms with E-state index in [-0.39, 0.29) is 6.07 Å². The molecule has 0 aromatic heterocycles. The fourth-order valence-electron chi connectivity index (χ4n) is 1.89. The molecule has 0 radical (unpaired) electrons. The lowest BCUT2D eigenvalue weighted by Crippen LogP contribution is -2.16. The van der Waals surface area contributed by atoms with E-state index in [2.05, 4.69) is 0 Å². The molecule has 0 heterocycles. The standard InChI is InChI=1S/C13HF11/c14-2-1-3(15)8(17)4(7(2)16)5-9(18)11(20)6(13(22,23)24)12(21)10(5)19/h1H. The van der Waals surface area contributed by atoms with Gasteiger partial charge in [-0.05, 0) is 0 Å². The molecule has 2 aromatic rings. The fourth-order valence-corrected chi connectivity index (χ4v) is 1.89. The van der Waals surface area contributed by atoms with Crippen molar-refractivity contribution in [3.05, 3.63) is 58.2 Å². The lowest BCUT2D eigenvalue weighted by atomic mass is 9.99. The van der Waals surface area contributed by atoms with E-state index in [0.717, 1.165) is 0 Å². The first-order valence-corrected chi connectivity index (χ1v) is 5.66. The Labute approximate surface area is 125 Å². The third kappa shape index (κ3) is 2.57. The van der Waals surface area contributed by atoms with Crippen molar-refractivity contribution in [1.82, 2.24) is 0 Å². The average molecular weight is 366 g/mol. The molecule has 0 amide bonds. The molecule has 2 aromatic carbocycles. The van der Waals surface area contributed by atoms with E-state index < -0.39 is 69.4 Å². The maximum atomic E-state index is 13.7. The van der Waals surface area contributed by atoms with Gasteiger partial charge in [0.1, 0.15) is 5.56 Å². The lowest BCUT2D eigenvalue weighted by molar-refractivity contribution is -0.143. The van der Waals surface area contributed by atoms with Crippen molar-refractivity contribution < 1.29 is 48.3 Å². The van der Waals surface area contributed by atoms with Gasteiger partial charge >= 0.3 is 6.18 Å². The second-order valence-corrected chi connectivity index (χ2v) is 4.35. The third-order valence-electron chi connectivity index (χ3n) is 2.91. The van der Waals surface area contributed by atoms with Crippen LogP contribution in [0.1, 0.15) is 5.56 Å². The average Bonchev–Trinajstić information content (AvgIpc) is 2.45. The summed E-state index contributed by atoms with van der Waals surface area (Å²) in [5.41, 5.74) is -7.58. The Bertz CT molecular complexity index is 780. The smallest absolute Gasteiger partial charge is 0.204 e. The minimum Gasteiger partial charge on any atom is -0.204 e. The van der Waals surface area contributed by atoms with Gasteiger partial charge in [0.15, 0.2) is 46.5 Å². The summed E-state index contributed by atoms with van der Waals surface area (Å²) in [7, 11) is 0. The Hall–Kier alpha value is -2.33.